The molecule has 8 heteroatoms. The van der Waals surface area contributed by atoms with Crippen molar-refractivity contribution in [2.24, 2.45) is 7.05 Å². The summed E-state index contributed by atoms with van der Waals surface area (Å²) in [7, 11) is 1.84. The van der Waals surface area contributed by atoms with E-state index in [0.29, 0.717) is 23.3 Å². The number of aromatic nitrogens is 3. The molecule has 0 unspecified atom stereocenters. The summed E-state index contributed by atoms with van der Waals surface area (Å²) in [5, 5.41) is 11.5. The maximum absolute atomic E-state index is 13.4. The summed E-state index contributed by atoms with van der Waals surface area (Å²) < 4.78 is 26.0. The van der Waals surface area contributed by atoms with E-state index in [-0.39, 0.29) is 24.5 Å². The molecule has 1 aliphatic rings. The van der Waals surface area contributed by atoms with Crippen molar-refractivity contribution in [3.05, 3.63) is 47.7 Å². The molecular weight excluding hydrogens is 327 g/mol. The van der Waals surface area contributed by atoms with Crippen molar-refractivity contribution >= 4 is 16.9 Å². The number of ether oxygens (including phenoxy) is 1. The maximum atomic E-state index is 13.4. The second-order valence-corrected chi connectivity index (χ2v) is 6.08. The van der Waals surface area contributed by atoms with Crippen LogP contribution >= 0.6 is 0 Å². The van der Waals surface area contributed by atoms with E-state index in [4.69, 9.17) is 9.26 Å². The van der Waals surface area contributed by atoms with E-state index < -0.39 is 5.82 Å². The van der Waals surface area contributed by atoms with Crippen molar-refractivity contribution in [2.45, 2.75) is 25.0 Å². The number of benzene rings is 1. The molecule has 3 heterocycles. The minimum Gasteiger partial charge on any atom is -0.370 e. The molecule has 1 amide bonds. The third kappa shape index (κ3) is 3.00. The van der Waals surface area contributed by atoms with E-state index >= 15 is 0 Å². The number of fused-ring (bicyclic) bond motifs is 1. The van der Waals surface area contributed by atoms with Crippen LogP contribution in [0.15, 0.2) is 35.0 Å². The zero-order chi connectivity index (χ0) is 17.4. The molecule has 2 atom stereocenters. The van der Waals surface area contributed by atoms with Gasteiger partial charge in [-0.3, -0.25) is 9.48 Å². The van der Waals surface area contributed by atoms with Gasteiger partial charge in [-0.1, -0.05) is 5.16 Å². The topological polar surface area (TPSA) is 82.2 Å². The van der Waals surface area contributed by atoms with Gasteiger partial charge in [-0.05, 0) is 30.7 Å². The van der Waals surface area contributed by atoms with Crippen LogP contribution in [0.1, 0.15) is 23.9 Å². The first-order valence-corrected chi connectivity index (χ1v) is 8.04. The molecule has 1 aliphatic heterocycles. The maximum Gasteiger partial charge on any atom is 0.226 e. The number of hydrogen-bond donors (Lipinski definition) is 1. The van der Waals surface area contributed by atoms with Crippen molar-refractivity contribution in [2.75, 3.05) is 6.61 Å². The normalized spacial score (nSPS) is 20.2. The second kappa shape index (κ2) is 6.29. The predicted molar refractivity (Wildman–Crippen MR) is 86.1 cm³/mol. The number of carbonyl (C=O) groups is 1. The van der Waals surface area contributed by atoms with E-state index in [2.05, 4.69) is 15.6 Å². The Labute approximate surface area is 142 Å². The van der Waals surface area contributed by atoms with Crippen molar-refractivity contribution in [3.63, 3.8) is 0 Å². The van der Waals surface area contributed by atoms with Gasteiger partial charge >= 0.3 is 0 Å². The van der Waals surface area contributed by atoms with Crippen LogP contribution in [-0.2, 0) is 23.0 Å². The Morgan fingerprint density at radius 1 is 1.44 bits per heavy atom. The van der Waals surface area contributed by atoms with Crippen LogP contribution in [0, 0.1) is 5.82 Å². The Balaban J connectivity index is 1.48. The second-order valence-electron chi connectivity index (χ2n) is 6.08. The first-order valence-electron chi connectivity index (χ1n) is 8.04. The third-order valence-corrected chi connectivity index (χ3v) is 4.42. The average molecular weight is 344 g/mol. The number of nitrogens with one attached hydrogen (secondary N) is 1. The van der Waals surface area contributed by atoms with Gasteiger partial charge < -0.3 is 14.6 Å². The summed E-state index contributed by atoms with van der Waals surface area (Å²) in [5.41, 5.74) is 1.79. The van der Waals surface area contributed by atoms with E-state index in [1.165, 1.54) is 18.2 Å². The molecule has 4 rings (SSSR count). The lowest BCUT2D eigenvalue weighted by Crippen LogP contribution is -2.38. The smallest absolute Gasteiger partial charge is 0.226 e. The first kappa shape index (κ1) is 15.8. The van der Waals surface area contributed by atoms with Crippen LogP contribution in [-0.4, -0.2) is 33.5 Å². The van der Waals surface area contributed by atoms with Gasteiger partial charge in [0.25, 0.3) is 0 Å². The highest BCUT2D eigenvalue weighted by molar-refractivity contribution is 5.86. The van der Waals surface area contributed by atoms with E-state index in [9.17, 15) is 9.18 Å². The molecule has 0 aliphatic carbocycles. The Bertz CT molecular complexity index is 920. The van der Waals surface area contributed by atoms with Gasteiger partial charge in [-0.25, -0.2) is 4.39 Å². The third-order valence-electron chi connectivity index (χ3n) is 4.42. The van der Waals surface area contributed by atoms with Gasteiger partial charge in [0.05, 0.1) is 18.2 Å². The van der Waals surface area contributed by atoms with Crippen LogP contribution in [0.3, 0.4) is 0 Å². The fourth-order valence-electron chi connectivity index (χ4n) is 3.19. The predicted octanol–water partition coefficient (Wildman–Crippen LogP) is 1.89. The highest BCUT2D eigenvalue weighted by atomic mass is 19.1. The zero-order valence-electron chi connectivity index (χ0n) is 13.6. The number of nitrogens with zero attached hydrogens (tertiary/aromatic N) is 3. The Hall–Kier alpha value is -2.74. The van der Waals surface area contributed by atoms with Crippen LogP contribution < -0.4 is 5.32 Å². The lowest BCUT2D eigenvalue weighted by Gasteiger charge is -2.19. The Morgan fingerprint density at radius 2 is 2.32 bits per heavy atom. The van der Waals surface area contributed by atoms with Gasteiger partial charge in [0.15, 0.2) is 5.58 Å². The van der Waals surface area contributed by atoms with Crippen LogP contribution in [0.2, 0.25) is 0 Å². The van der Waals surface area contributed by atoms with Crippen molar-refractivity contribution in [3.8, 4) is 0 Å². The highest BCUT2D eigenvalue weighted by Gasteiger charge is 2.33. The molecule has 0 bridgehead atoms. The lowest BCUT2D eigenvalue weighted by molar-refractivity contribution is -0.121. The summed E-state index contributed by atoms with van der Waals surface area (Å²) in [6.07, 6.45) is 2.20. The summed E-state index contributed by atoms with van der Waals surface area (Å²) >= 11 is 0. The minimum atomic E-state index is -0.391. The number of aryl methyl sites for hydroxylation is 1. The van der Waals surface area contributed by atoms with Crippen molar-refractivity contribution in [1.82, 2.24) is 20.3 Å². The number of halogens is 1. The fourth-order valence-corrected chi connectivity index (χ4v) is 3.19. The minimum absolute atomic E-state index is 0.0189. The SMILES string of the molecule is Cn1nccc1[C@H]1OCC[C@@H]1NC(=O)Cc1noc2ccc(F)cc12. The molecule has 1 saturated heterocycles. The standard InChI is InChI=1S/C17H17FN4O3/c1-22-14(4-6-19-22)17-12(5-7-24-17)20-16(23)9-13-11-8-10(18)2-3-15(11)25-21-13/h2-4,6,8,12,17H,5,7,9H2,1H3,(H,20,23)/t12-,17-/m0/s1. The molecular formula is C17H17FN4O3. The molecule has 1 fully saturated rings. The molecule has 130 valence electrons. The van der Waals surface area contributed by atoms with Gasteiger partial charge in [0, 0.05) is 25.2 Å². The lowest BCUT2D eigenvalue weighted by atomic mass is 10.1. The van der Waals surface area contributed by atoms with Gasteiger partial charge in [-0.15, -0.1) is 0 Å². The van der Waals surface area contributed by atoms with Crippen LogP contribution in [0.25, 0.3) is 11.0 Å². The molecule has 2 aromatic heterocycles. The summed E-state index contributed by atoms with van der Waals surface area (Å²) in [6.45, 7) is 0.568. The Kier molecular flexibility index (Phi) is 3.96. The number of carbonyl (C=O) groups excluding carboxylic acids is 1. The number of hydrogen-bond acceptors (Lipinski definition) is 5. The molecule has 3 aromatic rings. The van der Waals surface area contributed by atoms with Crippen LogP contribution in [0.5, 0.6) is 0 Å². The summed E-state index contributed by atoms with van der Waals surface area (Å²) in [5.74, 6) is -0.597. The quantitative estimate of drug-likeness (QED) is 0.781. The zero-order valence-corrected chi connectivity index (χ0v) is 13.6. The Morgan fingerprint density at radius 3 is 3.12 bits per heavy atom. The average Bonchev–Trinajstić information content (AvgIpc) is 3.28. The van der Waals surface area contributed by atoms with E-state index in [1.54, 1.807) is 10.9 Å². The molecule has 7 nitrogen and oxygen atoms in total. The molecule has 1 aromatic carbocycles. The van der Waals surface area contributed by atoms with Gasteiger partial charge in [-0.2, -0.15) is 5.10 Å². The largest absolute Gasteiger partial charge is 0.370 e. The number of rotatable bonds is 4. The van der Waals surface area contributed by atoms with E-state index in [0.717, 1.165) is 12.1 Å². The molecule has 0 spiro atoms. The van der Waals surface area contributed by atoms with Crippen molar-refractivity contribution < 1.29 is 18.4 Å². The van der Waals surface area contributed by atoms with E-state index in [1.807, 2.05) is 13.1 Å². The van der Waals surface area contributed by atoms with Gasteiger partial charge in [0.2, 0.25) is 5.91 Å². The molecule has 25 heavy (non-hydrogen) atoms. The monoisotopic (exact) mass is 344 g/mol. The molecule has 1 N–H and O–H groups in total. The summed E-state index contributed by atoms with van der Waals surface area (Å²) in [6, 6.07) is 5.86. The van der Waals surface area contributed by atoms with Gasteiger partial charge in [0.1, 0.15) is 17.6 Å². The first-order chi connectivity index (χ1) is 12.1. The fraction of sp³-hybridized carbons (Fsp3) is 0.353. The molecule has 0 saturated carbocycles. The van der Waals surface area contributed by atoms with Crippen LogP contribution in [0.4, 0.5) is 4.39 Å². The summed E-state index contributed by atoms with van der Waals surface area (Å²) in [4.78, 5) is 12.4. The highest BCUT2D eigenvalue weighted by Crippen LogP contribution is 2.29. The van der Waals surface area contributed by atoms with Crippen molar-refractivity contribution in [1.29, 1.82) is 0 Å². The molecule has 0 radical (unpaired) electrons. The number of amides is 1.